The van der Waals surface area contributed by atoms with E-state index in [0.29, 0.717) is 5.69 Å². The molecule has 0 aromatic heterocycles. The third kappa shape index (κ3) is 2.88. The lowest BCUT2D eigenvalue weighted by atomic mass is 9.99. The van der Waals surface area contributed by atoms with Gasteiger partial charge in [-0.05, 0) is 19.1 Å². The van der Waals surface area contributed by atoms with Gasteiger partial charge in [0.15, 0.2) is 6.23 Å². The van der Waals surface area contributed by atoms with Crippen molar-refractivity contribution in [1.29, 1.82) is 0 Å². The summed E-state index contributed by atoms with van der Waals surface area (Å²) in [7, 11) is 0. The number of anilines is 1. The van der Waals surface area contributed by atoms with Gasteiger partial charge in [0.25, 0.3) is 5.69 Å². The first-order chi connectivity index (χ1) is 9.40. The van der Waals surface area contributed by atoms with Crippen LogP contribution in [0.25, 0.3) is 0 Å². The van der Waals surface area contributed by atoms with Crippen LogP contribution in [0, 0.1) is 10.1 Å². The van der Waals surface area contributed by atoms with Crippen LogP contribution in [0.4, 0.5) is 11.4 Å². The molecule has 0 amide bonds. The van der Waals surface area contributed by atoms with Crippen LogP contribution in [-0.2, 0) is 4.74 Å². The van der Waals surface area contributed by atoms with E-state index in [2.05, 4.69) is 5.32 Å². The van der Waals surface area contributed by atoms with Gasteiger partial charge in [-0.3, -0.25) is 10.1 Å². The van der Waals surface area contributed by atoms with Crippen LogP contribution < -0.4 is 5.32 Å². The molecule has 1 heterocycles. The lowest BCUT2D eigenvalue weighted by Crippen LogP contribution is -2.58. The average molecular weight is 284 g/mol. The lowest BCUT2D eigenvalue weighted by Gasteiger charge is -2.39. The number of nitro benzene ring substituents is 1. The van der Waals surface area contributed by atoms with Crippen molar-refractivity contribution < 1.29 is 25.0 Å². The van der Waals surface area contributed by atoms with E-state index in [-0.39, 0.29) is 5.69 Å². The quantitative estimate of drug-likeness (QED) is 0.448. The summed E-state index contributed by atoms with van der Waals surface area (Å²) in [4.78, 5) is 10.0. The molecule has 1 fully saturated rings. The van der Waals surface area contributed by atoms with Crippen LogP contribution in [0.3, 0.4) is 0 Å². The minimum atomic E-state index is -1.32. The highest BCUT2D eigenvalue weighted by Crippen LogP contribution is 2.23. The molecule has 1 aliphatic heterocycles. The van der Waals surface area contributed by atoms with E-state index in [0.717, 1.165) is 0 Å². The lowest BCUT2D eigenvalue weighted by molar-refractivity contribution is -0.384. The molecule has 8 heteroatoms. The van der Waals surface area contributed by atoms with Gasteiger partial charge in [0.1, 0.15) is 18.3 Å². The van der Waals surface area contributed by atoms with Gasteiger partial charge >= 0.3 is 0 Å². The van der Waals surface area contributed by atoms with E-state index in [4.69, 9.17) is 4.74 Å². The Bertz CT molecular complexity index is 479. The van der Waals surface area contributed by atoms with Gasteiger partial charge in [0, 0.05) is 17.8 Å². The Labute approximate surface area is 114 Å². The molecular formula is C12H16N2O6. The van der Waals surface area contributed by atoms with Crippen molar-refractivity contribution >= 4 is 11.4 Å². The largest absolute Gasteiger partial charge is 0.388 e. The molecule has 0 unspecified atom stereocenters. The van der Waals surface area contributed by atoms with E-state index in [1.54, 1.807) is 6.92 Å². The fourth-order valence-corrected chi connectivity index (χ4v) is 2.01. The Kier molecular flexibility index (Phi) is 4.19. The Balaban J connectivity index is 2.07. The van der Waals surface area contributed by atoms with Crippen molar-refractivity contribution in [3.63, 3.8) is 0 Å². The number of nitrogens with one attached hydrogen (secondary N) is 1. The van der Waals surface area contributed by atoms with Gasteiger partial charge in [-0.25, -0.2) is 0 Å². The molecule has 1 aliphatic rings. The summed E-state index contributed by atoms with van der Waals surface area (Å²) >= 11 is 0. The molecule has 4 N–H and O–H groups in total. The summed E-state index contributed by atoms with van der Waals surface area (Å²) in [5.41, 5.74) is 0.444. The predicted octanol–water partition coefficient (Wildman–Crippen LogP) is -0.166. The maximum Gasteiger partial charge on any atom is 0.269 e. The van der Waals surface area contributed by atoms with Crippen LogP contribution in [0.15, 0.2) is 24.3 Å². The van der Waals surface area contributed by atoms with Crippen molar-refractivity contribution in [2.45, 2.75) is 37.6 Å². The zero-order chi connectivity index (χ0) is 14.9. The Hall–Kier alpha value is -1.74. The third-order valence-corrected chi connectivity index (χ3v) is 3.24. The number of rotatable bonds is 3. The topological polar surface area (TPSA) is 125 Å². The first-order valence-corrected chi connectivity index (χ1v) is 6.11. The normalized spacial score (nSPS) is 33.7. The molecular weight excluding hydrogens is 268 g/mol. The molecule has 0 aliphatic carbocycles. The zero-order valence-corrected chi connectivity index (χ0v) is 10.7. The van der Waals surface area contributed by atoms with Gasteiger partial charge in [-0.15, -0.1) is 0 Å². The third-order valence-electron chi connectivity index (χ3n) is 3.24. The highest BCUT2D eigenvalue weighted by molar-refractivity contribution is 5.49. The minimum absolute atomic E-state index is 0.0514. The average Bonchev–Trinajstić information content (AvgIpc) is 2.43. The first kappa shape index (κ1) is 14.7. The maximum atomic E-state index is 10.5. The number of nitro groups is 1. The molecule has 110 valence electrons. The number of ether oxygens (including phenoxy) is 1. The number of aliphatic hydroxyl groups excluding tert-OH is 3. The van der Waals surface area contributed by atoms with Gasteiger partial charge in [-0.1, -0.05) is 0 Å². The van der Waals surface area contributed by atoms with E-state index >= 15 is 0 Å². The predicted molar refractivity (Wildman–Crippen MR) is 69.1 cm³/mol. The fraction of sp³-hybridized carbons (Fsp3) is 0.500. The molecule has 1 aromatic carbocycles. The van der Waals surface area contributed by atoms with Crippen LogP contribution >= 0.6 is 0 Å². The zero-order valence-electron chi connectivity index (χ0n) is 10.7. The fourth-order valence-electron chi connectivity index (χ4n) is 2.01. The second-order valence-electron chi connectivity index (χ2n) is 4.68. The molecule has 20 heavy (non-hydrogen) atoms. The number of hydrogen-bond donors (Lipinski definition) is 4. The molecule has 2 rings (SSSR count). The molecule has 8 nitrogen and oxygen atoms in total. The van der Waals surface area contributed by atoms with Crippen LogP contribution in [0.2, 0.25) is 0 Å². The molecule has 0 saturated carbocycles. The van der Waals surface area contributed by atoms with Crippen LogP contribution in [0.5, 0.6) is 0 Å². The van der Waals surface area contributed by atoms with E-state index < -0.39 is 35.6 Å². The van der Waals surface area contributed by atoms with Gasteiger partial charge in [0.2, 0.25) is 0 Å². The summed E-state index contributed by atoms with van der Waals surface area (Å²) in [6.45, 7) is 1.57. The molecule has 0 radical (unpaired) electrons. The number of non-ortho nitro benzene ring substituents is 1. The maximum absolute atomic E-state index is 10.5. The van der Waals surface area contributed by atoms with Gasteiger partial charge < -0.3 is 25.4 Å². The molecule has 1 saturated heterocycles. The number of benzene rings is 1. The molecule has 0 spiro atoms. The Morgan fingerprint density at radius 1 is 1.15 bits per heavy atom. The van der Waals surface area contributed by atoms with E-state index in [1.165, 1.54) is 24.3 Å². The van der Waals surface area contributed by atoms with Crippen molar-refractivity contribution in [3.05, 3.63) is 34.4 Å². The summed E-state index contributed by atoms with van der Waals surface area (Å²) < 4.78 is 5.36. The summed E-state index contributed by atoms with van der Waals surface area (Å²) in [5, 5.41) is 42.4. The number of aliphatic hydroxyl groups is 3. The number of nitrogens with zero attached hydrogens (tertiary/aromatic N) is 1. The smallest absolute Gasteiger partial charge is 0.269 e. The highest BCUT2D eigenvalue weighted by Gasteiger charge is 2.41. The van der Waals surface area contributed by atoms with Crippen molar-refractivity contribution in [2.75, 3.05) is 5.32 Å². The highest BCUT2D eigenvalue weighted by atomic mass is 16.6. The molecule has 5 atom stereocenters. The monoisotopic (exact) mass is 284 g/mol. The minimum Gasteiger partial charge on any atom is -0.388 e. The summed E-state index contributed by atoms with van der Waals surface area (Å²) in [6.07, 6.45) is -5.36. The number of hydrogen-bond acceptors (Lipinski definition) is 7. The summed E-state index contributed by atoms with van der Waals surface area (Å²) in [5.74, 6) is 0. The standard InChI is InChI=1S/C12H16N2O6/c1-6-9(15)10(16)11(17)12(20-6)13-7-2-4-8(5-3-7)14(18)19/h2-6,9-13,15-17H,1H3/t6-,9-,10-,11+,12-/m0/s1. The molecule has 0 bridgehead atoms. The van der Waals surface area contributed by atoms with Crippen LogP contribution in [-0.4, -0.2) is 50.9 Å². The Morgan fingerprint density at radius 3 is 2.30 bits per heavy atom. The van der Waals surface area contributed by atoms with Crippen molar-refractivity contribution in [1.82, 2.24) is 0 Å². The Morgan fingerprint density at radius 2 is 1.75 bits per heavy atom. The van der Waals surface area contributed by atoms with E-state index in [1.807, 2.05) is 0 Å². The van der Waals surface area contributed by atoms with Gasteiger partial charge in [0.05, 0.1) is 11.0 Å². The second-order valence-corrected chi connectivity index (χ2v) is 4.68. The molecule has 1 aromatic rings. The van der Waals surface area contributed by atoms with Crippen LogP contribution in [0.1, 0.15) is 6.92 Å². The van der Waals surface area contributed by atoms with Gasteiger partial charge in [-0.2, -0.15) is 0 Å². The van der Waals surface area contributed by atoms with Crippen molar-refractivity contribution in [2.24, 2.45) is 0 Å². The van der Waals surface area contributed by atoms with E-state index in [9.17, 15) is 25.4 Å². The summed E-state index contributed by atoms with van der Waals surface area (Å²) in [6, 6.07) is 5.56. The first-order valence-electron chi connectivity index (χ1n) is 6.11. The second kappa shape index (κ2) is 5.71. The van der Waals surface area contributed by atoms with Crippen molar-refractivity contribution in [3.8, 4) is 0 Å². The SMILES string of the molecule is C[C@@H]1O[C@H](Nc2ccc([N+](=O)[O-])cc2)[C@H](O)[C@@H](O)[C@H]1O.